The Morgan fingerprint density at radius 3 is 2.28 bits per heavy atom. The zero-order chi connectivity index (χ0) is 20.2. The first-order valence-electron chi connectivity index (χ1n) is 10.5. The largest absolute Gasteiger partial charge is 0.497 e. The van der Waals surface area contributed by atoms with E-state index >= 15 is 0 Å². The Labute approximate surface area is 173 Å². The monoisotopic (exact) mass is 394 g/mol. The summed E-state index contributed by atoms with van der Waals surface area (Å²) in [6.45, 7) is 3.19. The molecule has 1 saturated heterocycles. The summed E-state index contributed by atoms with van der Waals surface area (Å²) >= 11 is 0. The summed E-state index contributed by atoms with van der Waals surface area (Å²) < 4.78 is 10.8. The molecule has 154 valence electrons. The molecule has 2 fully saturated rings. The Balaban J connectivity index is 1.37. The highest BCUT2D eigenvalue weighted by Gasteiger charge is 2.35. The van der Waals surface area contributed by atoms with E-state index in [0.29, 0.717) is 18.3 Å². The van der Waals surface area contributed by atoms with Gasteiger partial charge in [0.2, 0.25) is 5.91 Å². The lowest BCUT2D eigenvalue weighted by atomic mass is 9.90. The van der Waals surface area contributed by atoms with Gasteiger partial charge in [-0.05, 0) is 54.5 Å². The summed E-state index contributed by atoms with van der Waals surface area (Å²) in [6, 6.07) is 16.3. The first-order chi connectivity index (χ1) is 14.2. The van der Waals surface area contributed by atoms with Gasteiger partial charge in [-0.15, -0.1) is 0 Å². The number of carbonyl (C=O) groups excluding carboxylic acids is 1. The molecule has 4 rings (SSSR count). The van der Waals surface area contributed by atoms with Crippen LogP contribution >= 0.6 is 0 Å². The maximum Gasteiger partial charge on any atom is 0.223 e. The molecule has 2 aromatic rings. The Morgan fingerprint density at radius 2 is 1.66 bits per heavy atom. The summed E-state index contributed by atoms with van der Waals surface area (Å²) in [6.07, 6.45) is 3.06. The lowest BCUT2D eigenvalue weighted by molar-refractivity contribution is -0.132. The summed E-state index contributed by atoms with van der Waals surface area (Å²) in [4.78, 5) is 17.4. The number of piperazine rings is 1. The number of methoxy groups -OCH3 is 2. The third-order valence-corrected chi connectivity index (χ3v) is 6.19. The zero-order valence-electron chi connectivity index (χ0n) is 17.3. The van der Waals surface area contributed by atoms with Crippen molar-refractivity contribution in [2.24, 2.45) is 5.92 Å². The van der Waals surface area contributed by atoms with E-state index in [0.717, 1.165) is 43.4 Å². The highest BCUT2D eigenvalue weighted by molar-refractivity contribution is 5.77. The van der Waals surface area contributed by atoms with E-state index in [9.17, 15) is 4.79 Å². The van der Waals surface area contributed by atoms with Gasteiger partial charge in [0.25, 0.3) is 0 Å². The third kappa shape index (κ3) is 4.50. The number of carbonyl (C=O) groups is 1. The molecular formula is C24H30N2O3. The van der Waals surface area contributed by atoms with E-state index in [-0.39, 0.29) is 5.91 Å². The molecule has 5 heteroatoms. The van der Waals surface area contributed by atoms with Gasteiger partial charge in [0.05, 0.1) is 19.9 Å². The summed E-state index contributed by atoms with van der Waals surface area (Å²) in [5, 5.41) is 0. The van der Waals surface area contributed by atoms with Crippen LogP contribution in [0.3, 0.4) is 0 Å². The highest BCUT2D eigenvalue weighted by Crippen LogP contribution is 2.45. The van der Waals surface area contributed by atoms with Crippen LogP contribution in [0.15, 0.2) is 48.5 Å². The minimum atomic E-state index is 0.275. The molecule has 0 spiro atoms. The molecular weight excluding hydrogens is 364 g/mol. The smallest absolute Gasteiger partial charge is 0.223 e. The van der Waals surface area contributed by atoms with Gasteiger partial charge in [0.15, 0.2) is 0 Å². The van der Waals surface area contributed by atoms with Crippen LogP contribution in [0.5, 0.6) is 11.5 Å². The van der Waals surface area contributed by atoms with Gasteiger partial charge in [-0.2, -0.15) is 0 Å². The number of amides is 1. The molecule has 2 aromatic carbocycles. The number of hydrogen-bond acceptors (Lipinski definition) is 4. The topological polar surface area (TPSA) is 42.0 Å². The van der Waals surface area contributed by atoms with E-state index in [1.165, 1.54) is 18.4 Å². The minimum Gasteiger partial charge on any atom is -0.497 e. The second-order valence-electron chi connectivity index (χ2n) is 7.96. The Bertz CT molecular complexity index is 824. The van der Waals surface area contributed by atoms with Crippen molar-refractivity contribution in [3.05, 3.63) is 54.1 Å². The van der Waals surface area contributed by atoms with Gasteiger partial charge in [-0.3, -0.25) is 4.79 Å². The van der Waals surface area contributed by atoms with Gasteiger partial charge in [-0.25, -0.2) is 0 Å². The fraction of sp³-hybridized carbons (Fsp3) is 0.458. The Kier molecular flexibility index (Phi) is 5.93. The molecule has 2 aliphatic rings. The Morgan fingerprint density at radius 1 is 0.966 bits per heavy atom. The molecule has 1 amide bonds. The second-order valence-corrected chi connectivity index (χ2v) is 7.96. The fourth-order valence-corrected chi connectivity index (χ4v) is 4.31. The number of benzene rings is 2. The van der Waals surface area contributed by atoms with Crippen LogP contribution in [0.1, 0.15) is 30.7 Å². The molecule has 1 unspecified atom stereocenters. The van der Waals surface area contributed by atoms with Crippen molar-refractivity contribution in [2.75, 3.05) is 45.3 Å². The maximum absolute atomic E-state index is 13.1. The van der Waals surface area contributed by atoms with Crippen LogP contribution in [0, 0.1) is 5.92 Å². The molecule has 0 aromatic heterocycles. The van der Waals surface area contributed by atoms with Gasteiger partial charge in [0.1, 0.15) is 11.5 Å². The van der Waals surface area contributed by atoms with E-state index in [2.05, 4.69) is 23.1 Å². The highest BCUT2D eigenvalue weighted by atomic mass is 16.5. The van der Waals surface area contributed by atoms with Crippen LogP contribution in [-0.2, 0) is 4.79 Å². The number of ether oxygens (including phenoxy) is 2. The second kappa shape index (κ2) is 8.76. The molecule has 1 aliphatic carbocycles. The summed E-state index contributed by atoms with van der Waals surface area (Å²) in [5.74, 6) is 2.99. The van der Waals surface area contributed by atoms with Crippen molar-refractivity contribution in [2.45, 2.75) is 25.2 Å². The van der Waals surface area contributed by atoms with Crippen LogP contribution in [0.4, 0.5) is 5.69 Å². The molecule has 29 heavy (non-hydrogen) atoms. The van der Waals surface area contributed by atoms with Crippen molar-refractivity contribution in [1.29, 1.82) is 0 Å². The van der Waals surface area contributed by atoms with Crippen molar-refractivity contribution in [3.63, 3.8) is 0 Å². The zero-order valence-corrected chi connectivity index (χ0v) is 17.3. The average molecular weight is 395 g/mol. The molecule has 1 heterocycles. The fourth-order valence-electron chi connectivity index (χ4n) is 4.31. The van der Waals surface area contributed by atoms with Gasteiger partial charge < -0.3 is 19.3 Å². The van der Waals surface area contributed by atoms with Crippen LogP contribution in [0.25, 0.3) is 0 Å². The van der Waals surface area contributed by atoms with Gasteiger partial charge in [-0.1, -0.05) is 24.3 Å². The van der Waals surface area contributed by atoms with E-state index in [4.69, 9.17) is 9.47 Å². The maximum atomic E-state index is 13.1. The average Bonchev–Trinajstić information content (AvgIpc) is 3.63. The number of para-hydroxylation sites is 2. The van der Waals surface area contributed by atoms with Gasteiger partial charge >= 0.3 is 0 Å². The predicted molar refractivity (Wildman–Crippen MR) is 115 cm³/mol. The molecule has 0 N–H and O–H groups in total. The summed E-state index contributed by atoms with van der Waals surface area (Å²) in [7, 11) is 3.39. The summed E-state index contributed by atoms with van der Waals surface area (Å²) in [5.41, 5.74) is 2.37. The van der Waals surface area contributed by atoms with Crippen LogP contribution in [0.2, 0.25) is 0 Å². The van der Waals surface area contributed by atoms with Crippen molar-refractivity contribution < 1.29 is 14.3 Å². The molecule has 1 aliphatic heterocycles. The quantitative estimate of drug-likeness (QED) is 0.713. The third-order valence-electron chi connectivity index (χ3n) is 6.19. The normalized spacial score (nSPS) is 17.7. The molecule has 1 saturated carbocycles. The predicted octanol–water partition coefficient (Wildman–Crippen LogP) is 3.94. The SMILES string of the molecule is COc1ccc(C(CC(=O)N2CCN(c3ccccc3OC)CC2)C2CC2)cc1. The van der Waals surface area contributed by atoms with Crippen molar-refractivity contribution in [3.8, 4) is 11.5 Å². The number of hydrogen-bond donors (Lipinski definition) is 0. The van der Waals surface area contributed by atoms with Crippen molar-refractivity contribution in [1.82, 2.24) is 4.90 Å². The molecule has 5 nitrogen and oxygen atoms in total. The van der Waals surface area contributed by atoms with E-state index in [1.807, 2.05) is 35.2 Å². The molecule has 0 radical (unpaired) electrons. The first kappa shape index (κ1) is 19.6. The molecule has 1 atom stereocenters. The first-order valence-corrected chi connectivity index (χ1v) is 10.5. The Hall–Kier alpha value is -2.69. The number of rotatable bonds is 7. The van der Waals surface area contributed by atoms with E-state index in [1.54, 1.807) is 14.2 Å². The minimum absolute atomic E-state index is 0.275. The van der Waals surface area contributed by atoms with Crippen LogP contribution < -0.4 is 14.4 Å². The lowest BCUT2D eigenvalue weighted by Crippen LogP contribution is -2.49. The number of anilines is 1. The number of nitrogens with zero attached hydrogens (tertiary/aromatic N) is 2. The van der Waals surface area contributed by atoms with Crippen molar-refractivity contribution >= 4 is 11.6 Å². The van der Waals surface area contributed by atoms with Gasteiger partial charge in [0, 0.05) is 32.6 Å². The lowest BCUT2D eigenvalue weighted by Gasteiger charge is -2.37. The molecule has 0 bridgehead atoms. The van der Waals surface area contributed by atoms with Crippen LogP contribution in [-0.4, -0.2) is 51.2 Å². The van der Waals surface area contributed by atoms with E-state index < -0.39 is 0 Å². The standard InChI is InChI=1S/C24H30N2O3/c1-28-20-11-9-19(10-12-20)21(18-7-8-18)17-24(27)26-15-13-25(14-16-26)22-5-3-4-6-23(22)29-2/h3-6,9-12,18,21H,7-8,13-17H2,1-2H3.